The van der Waals surface area contributed by atoms with Gasteiger partial charge in [0.15, 0.2) is 0 Å². The lowest BCUT2D eigenvalue weighted by atomic mass is 10.1. The van der Waals surface area contributed by atoms with E-state index in [1.54, 1.807) is 25.1 Å². The summed E-state index contributed by atoms with van der Waals surface area (Å²) in [6.07, 6.45) is -4.20. The van der Waals surface area contributed by atoms with Crippen molar-refractivity contribution in [3.8, 4) is 5.75 Å². The van der Waals surface area contributed by atoms with Crippen LogP contribution >= 0.6 is 11.6 Å². The molecule has 7 heteroatoms. The van der Waals surface area contributed by atoms with Crippen molar-refractivity contribution >= 4 is 17.5 Å². The first-order valence-electron chi connectivity index (χ1n) is 5.63. The molecule has 0 bridgehead atoms. The van der Waals surface area contributed by atoms with Gasteiger partial charge in [0.1, 0.15) is 5.75 Å². The maximum atomic E-state index is 11.9. The van der Waals surface area contributed by atoms with Crippen LogP contribution in [0.1, 0.15) is 18.5 Å². The van der Waals surface area contributed by atoms with E-state index in [4.69, 9.17) is 16.3 Å². The van der Waals surface area contributed by atoms with Crippen molar-refractivity contribution in [2.75, 3.05) is 7.11 Å². The third-order valence-corrected chi connectivity index (χ3v) is 2.78. The Morgan fingerprint density at radius 3 is 2.60 bits per heavy atom. The molecule has 3 nitrogen and oxygen atoms in total. The fourth-order valence-electron chi connectivity index (χ4n) is 1.50. The number of alkyl halides is 3. The summed E-state index contributed by atoms with van der Waals surface area (Å²) in [4.78, 5) is 11.3. The maximum Gasteiger partial charge on any atom is 0.409 e. The first-order valence-corrected chi connectivity index (χ1v) is 6.00. The van der Waals surface area contributed by atoms with Crippen molar-refractivity contribution in [1.29, 1.82) is 0 Å². The van der Waals surface area contributed by atoms with Crippen molar-refractivity contribution in [1.82, 2.24) is 5.32 Å². The van der Waals surface area contributed by atoms with Crippen molar-refractivity contribution in [2.45, 2.75) is 19.1 Å². The Balaban J connectivity index is 2.74. The molecule has 1 N–H and O–H groups in total. The zero-order valence-electron chi connectivity index (χ0n) is 10.8. The number of allylic oxidation sites excluding steroid dienone is 1. The highest BCUT2D eigenvalue weighted by atomic mass is 35.5. The quantitative estimate of drug-likeness (QED) is 0.862. The third-order valence-electron chi connectivity index (χ3n) is 2.46. The van der Waals surface area contributed by atoms with E-state index >= 15 is 0 Å². The number of hydrogen-bond donors (Lipinski definition) is 1. The second-order valence-corrected chi connectivity index (χ2v) is 4.40. The zero-order chi connectivity index (χ0) is 15.3. The molecule has 0 unspecified atom stereocenters. The smallest absolute Gasteiger partial charge is 0.409 e. The minimum absolute atomic E-state index is 0.120. The molecule has 20 heavy (non-hydrogen) atoms. The molecular formula is C13H13ClF3NO2. The van der Waals surface area contributed by atoms with E-state index in [0.29, 0.717) is 22.4 Å². The Hall–Kier alpha value is -1.69. The molecule has 1 aromatic rings. The number of carbonyl (C=O) groups is 1. The standard InChI is InChI=1S/C13H13ClF3NO2/c1-8(18-12(19)5-6-13(15,16)17)10-4-3-9(20-2)7-11(10)14/h3-8H,1-2H3,(H,18,19)/b6-5+/t8-/m0/s1. The van der Waals surface area contributed by atoms with E-state index in [2.05, 4.69) is 5.32 Å². The number of methoxy groups -OCH3 is 1. The van der Waals surface area contributed by atoms with E-state index in [-0.39, 0.29) is 6.08 Å². The molecule has 0 aliphatic carbocycles. The van der Waals surface area contributed by atoms with Crippen molar-refractivity contribution < 1.29 is 22.7 Å². The molecule has 0 radical (unpaired) electrons. The minimum Gasteiger partial charge on any atom is -0.497 e. The van der Waals surface area contributed by atoms with Gasteiger partial charge < -0.3 is 10.1 Å². The fourth-order valence-corrected chi connectivity index (χ4v) is 1.83. The van der Waals surface area contributed by atoms with Crippen LogP contribution in [0.4, 0.5) is 13.2 Å². The topological polar surface area (TPSA) is 38.3 Å². The molecule has 1 rings (SSSR count). The molecule has 0 aromatic heterocycles. The average molecular weight is 308 g/mol. The Labute approximate surface area is 119 Å². The van der Waals surface area contributed by atoms with Crippen LogP contribution in [0, 0.1) is 0 Å². The molecule has 0 fully saturated rings. The van der Waals surface area contributed by atoms with Gasteiger partial charge in [-0.25, -0.2) is 0 Å². The fraction of sp³-hybridized carbons (Fsp3) is 0.308. The van der Waals surface area contributed by atoms with Crippen LogP contribution < -0.4 is 10.1 Å². The summed E-state index contributed by atoms with van der Waals surface area (Å²) in [6, 6.07) is 4.32. The van der Waals surface area contributed by atoms with Crippen LogP contribution in [0.2, 0.25) is 5.02 Å². The number of amides is 1. The Morgan fingerprint density at radius 1 is 1.45 bits per heavy atom. The molecule has 0 heterocycles. The number of nitrogens with one attached hydrogen (secondary N) is 1. The van der Waals surface area contributed by atoms with Crippen molar-refractivity contribution in [3.05, 3.63) is 40.9 Å². The molecule has 0 spiro atoms. The molecule has 1 aromatic carbocycles. The number of carbonyl (C=O) groups excluding carboxylic acids is 1. The van der Waals surface area contributed by atoms with Crippen molar-refractivity contribution in [2.24, 2.45) is 0 Å². The molecule has 0 aliphatic rings. The van der Waals surface area contributed by atoms with Crippen LogP contribution in [0.25, 0.3) is 0 Å². The predicted molar refractivity (Wildman–Crippen MR) is 69.8 cm³/mol. The Bertz CT molecular complexity index is 515. The molecule has 1 amide bonds. The van der Waals surface area contributed by atoms with E-state index < -0.39 is 18.1 Å². The summed E-state index contributed by atoms with van der Waals surface area (Å²) in [5, 5.41) is 2.75. The lowest BCUT2D eigenvalue weighted by Gasteiger charge is -2.15. The number of halogens is 4. The lowest BCUT2D eigenvalue weighted by molar-refractivity contribution is -0.118. The summed E-state index contributed by atoms with van der Waals surface area (Å²) in [5.74, 6) is -0.295. The number of rotatable bonds is 4. The zero-order valence-corrected chi connectivity index (χ0v) is 11.5. The largest absolute Gasteiger partial charge is 0.497 e. The van der Waals surface area contributed by atoms with Gasteiger partial charge in [0.2, 0.25) is 5.91 Å². The molecule has 1 atom stereocenters. The number of benzene rings is 1. The van der Waals surface area contributed by atoms with Gasteiger partial charge in [0.25, 0.3) is 0 Å². The van der Waals surface area contributed by atoms with Crippen LogP contribution in [-0.4, -0.2) is 19.2 Å². The normalized spacial score (nSPS) is 13.3. The van der Waals surface area contributed by atoms with Gasteiger partial charge >= 0.3 is 6.18 Å². The highest BCUT2D eigenvalue weighted by molar-refractivity contribution is 6.31. The summed E-state index contributed by atoms with van der Waals surface area (Å²) < 4.78 is 40.7. The molecule has 0 saturated heterocycles. The van der Waals surface area contributed by atoms with Crippen molar-refractivity contribution in [3.63, 3.8) is 0 Å². The van der Waals surface area contributed by atoms with Gasteiger partial charge in [-0.05, 0) is 24.6 Å². The average Bonchev–Trinajstić information content (AvgIpc) is 2.35. The highest BCUT2D eigenvalue weighted by Gasteiger charge is 2.22. The summed E-state index contributed by atoms with van der Waals surface area (Å²) in [5.41, 5.74) is 0.584. The van der Waals surface area contributed by atoms with E-state index in [9.17, 15) is 18.0 Å². The molecular weight excluding hydrogens is 295 g/mol. The minimum atomic E-state index is -4.52. The summed E-state index contributed by atoms with van der Waals surface area (Å²) in [6.45, 7) is 1.62. The molecule has 0 saturated carbocycles. The SMILES string of the molecule is COc1ccc([C@H](C)NC(=O)/C=C/C(F)(F)F)c(Cl)c1. The van der Waals surface area contributed by atoms with Gasteiger partial charge in [-0.3, -0.25) is 4.79 Å². The van der Waals surface area contributed by atoms with E-state index in [1.165, 1.54) is 7.11 Å². The van der Waals surface area contributed by atoms with Crippen LogP contribution in [0.15, 0.2) is 30.4 Å². The van der Waals surface area contributed by atoms with E-state index in [1.807, 2.05) is 0 Å². The van der Waals surface area contributed by atoms with Crippen LogP contribution in [0.5, 0.6) is 5.75 Å². The van der Waals surface area contributed by atoms with Gasteiger partial charge in [0.05, 0.1) is 13.2 Å². The van der Waals surface area contributed by atoms with Crippen LogP contribution in [0.3, 0.4) is 0 Å². The second-order valence-electron chi connectivity index (χ2n) is 3.99. The van der Waals surface area contributed by atoms with Gasteiger partial charge in [-0.2, -0.15) is 13.2 Å². The number of hydrogen-bond acceptors (Lipinski definition) is 2. The van der Waals surface area contributed by atoms with Crippen LogP contribution in [-0.2, 0) is 4.79 Å². The Morgan fingerprint density at radius 2 is 2.10 bits per heavy atom. The lowest BCUT2D eigenvalue weighted by Crippen LogP contribution is -2.25. The number of ether oxygens (including phenoxy) is 1. The molecule has 0 aliphatic heterocycles. The second kappa shape index (κ2) is 6.65. The van der Waals surface area contributed by atoms with Gasteiger partial charge in [-0.1, -0.05) is 17.7 Å². The highest BCUT2D eigenvalue weighted by Crippen LogP contribution is 2.27. The van der Waals surface area contributed by atoms with Gasteiger partial charge in [-0.15, -0.1) is 0 Å². The van der Waals surface area contributed by atoms with Gasteiger partial charge in [0, 0.05) is 17.2 Å². The monoisotopic (exact) mass is 307 g/mol. The summed E-state index contributed by atoms with van der Waals surface area (Å²) in [7, 11) is 1.48. The maximum absolute atomic E-state index is 11.9. The molecule has 110 valence electrons. The van der Waals surface area contributed by atoms with E-state index in [0.717, 1.165) is 0 Å². The summed E-state index contributed by atoms with van der Waals surface area (Å²) >= 11 is 6.01. The first kappa shape index (κ1) is 16.4. The predicted octanol–water partition coefficient (Wildman–Crippen LogP) is 3.64. The first-order chi connectivity index (χ1) is 9.23. The third kappa shape index (κ3) is 5.13. The Kier molecular flexibility index (Phi) is 5.44.